The summed E-state index contributed by atoms with van der Waals surface area (Å²) in [5.74, 6) is -0.0622. The van der Waals surface area contributed by atoms with E-state index in [0.717, 1.165) is 44.5 Å². The molecule has 2 aliphatic rings. The van der Waals surface area contributed by atoms with Crippen LogP contribution in [0, 0.1) is 5.92 Å². The molecule has 2 N–H and O–H groups in total. The Morgan fingerprint density at radius 3 is 2.50 bits per heavy atom. The van der Waals surface area contributed by atoms with Gasteiger partial charge < -0.3 is 15.5 Å². The fourth-order valence-corrected chi connectivity index (χ4v) is 3.63. The van der Waals surface area contributed by atoms with Gasteiger partial charge in [-0.05, 0) is 37.0 Å². The summed E-state index contributed by atoms with van der Waals surface area (Å²) in [6, 6.07) is 8.35. The number of benzene rings is 1. The van der Waals surface area contributed by atoms with E-state index in [9.17, 15) is 9.59 Å². The Hall–Kier alpha value is -1.88. The number of hydrogen-bond donors (Lipinski definition) is 1. The number of amides is 2. The summed E-state index contributed by atoms with van der Waals surface area (Å²) in [5.41, 5.74) is 8.09. The van der Waals surface area contributed by atoms with Gasteiger partial charge in [0.1, 0.15) is 0 Å². The van der Waals surface area contributed by atoms with Gasteiger partial charge in [-0.25, -0.2) is 0 Å². The molecule has 130 valence electrons. The zero-order valence-corrected chi connectivity index (χ0v) is 14.4. The van der Waals surface area contributed by atoms with Crippen LogP contribution in [0.2, 0.25) is 0 Å². The summed E-state index contributed by atoms with van der Waals surface area (Å²) in [6.45, 7) is 4.09. The third-order valence-corrected chi connectivity index (χ3v) is 5.11. The largest absolute Gasteiger partial charge is 0.342 e. The van der Waals surface area contributed by atoms with Gasteiger partial charge in [-0.3, -0.25) is 9.59 Å². The highest BCUT2D eigenvalue weighted by Crippen LogP contribution is 2.27. The van der Waals surface area contributed by atoms with E-state index in [1.807, 2.05) is 17.0 Å². The molecule has 1 unspecified atom stereocenters. The summed E-state index contributed by atoms with van der Waals surface area (Å²) in [6.07, 6.45) is 4.19. The number of rotatable bonds is 4. The predicted octanol–water partition coefficient (Wildman–Crippen LogP) is 1.94. The lowest BCUT2D eigenvalue weighted by Crippen LogP contribution is -2.45. The first-order valence-corrected chi connectivity index (χ1v) is 9.02. The van der Waals surface area contributed by atoms with Gasteiger partial charge in [0, 0.05) is 37.8 Å². The molecule has 0 aliphatic carbocycles. The Balaban J connectivity index is 1.63. The van der Waals surface area contributed by atoms with Crippen LogP contribution in [-0.2, 0) is 16.0 Å². The van der Waals surface area contributed by atoms with Crippen molar-refractivity contribution >= 4 is 17.5 Å². The Morgan fingerprint density at radius 2 is 1.88 bits per heavy atom. The molecule has 2 aliphatic heterocycles. The molecule has 5 heteroatoms. The second-order valence-electron chi connectivity index (χ2n) is 6.98. The molecule has 5 nitrogen and oxygen atoms in total. The molecule has 3 rings (SSSR count). The van der Waals surface area contributed by atoms with E-state index >= 15 is 0 Å². The number of nitrogens with zero attached hydrogens (tertiary/aromatic N) is 2. The molecule has 1 aromatic rings. The van der Waals surface area contributed by atoms with Crippen molar-refractivity contribution in [2.45, 2.75) is 45.1 Å². The fraction of sp³-hybridized carbons (Fsp3) is 0.579. The van der Waals surface area contributed by atoms with Crippen molar-refractivity contribution in [3.8, 4) is 0 Å². The van der Waals surface area contributed by atoms with Crippen LogP contribution < -0.4 is 10.6 Å². The van der Waals surface area contributed by atoms with Gasteiger partial charge in [-0.1, -0.05) is 25.5 Å². The number of aryl methyl sites for hydroxylation is 1. The number of carbonyl (C=O) groups is 2. The van der Waals surface area contributed by atoms with Crippen LogP contribution in [0.3, 0.4) is 0 Å². The average molecular weight is 329 g/mol. The summed E-state index contributed by atoms with van der Waals surface area (Å²) in [5, 5.41) is 0. The summed E-state index contributed by atoms with van der Waals surface area (Å²) in [4.78, 5) is 28.7. The van der Waals surface area contributed by atoms with Crippen molar-refractivity contribution in [1.29, 1.82) is 0 Å². The van der Waals surface area contributed by atoms with Crippen molar-refractivity contribution in [3.05, 3.63) is 29.8 Å². The van der Waals surface area contributed by atoms with Crippen molar-refractivity contribution in [2.75, 3.05) is 24.5 Å². The summed E-state index contributed by atoms with van der Waals surface area (Å²) < 4.78 is 0. The Morgan fingerprint density at radius 1 is 1.21 bits per heavy atom. The number of nitrogens with two attached hydrogens (primary N) is 1. The predicted molar refractivity (Wildman–Crippen MR) is 94.7 cm³/mol. The van der Waals surface area contributed by atoms with Gasteiger partial charge in [-0.15, -0.1) is 0 Å². The molecule has 2 heterocycles. The van der Waals surface area contributed by atoms with Gasteiger partial charge >= 0.3 is 0 Å². The standard InChI is InChI=1S/C19H27N3O2/c1-2-3-14-4-6-17(7-5-14)22-13-15(12-18(22)23)19(24)21-10-8-16(20)9-11-21/h4-7,15-16H,2-3,8-13,20H2,1H3. The maximum Gasteiger partial charge on any atom is 0.228 e. The SMILES string of the molecule is CCCc1ccc(N2CC(C(=O)N3CCC(N)CC3)CC2=O)cc1. The average Bonchev–Trinajstić information content (AvgIpc) is 2.98. The van der Waals surface area contributed by atoms with Crippen molar-refractivity contribution < 1.29 is 9.59 Å². The lowest BCUT2D eigenvalue weighted by Gasteiger charge is -2.31. The molecule has 1 aromatic carbocycles. The number of likely N-dealkylation sites (tertiary alicyclic amines) is 1. The van der Waals surface area contributed by atoms with Crippen LogP contribution in [0.15, 0.2) is 24.3 Å². The van der Waals surface area contributed by atoms with E-state index in [1.54, 1.807) is 4.90 Å². The van der Waals surface area contributed by atoms with Crippen molar-refractivity contribution in [3.63, 3.8) is 0 Å². The zero-order valence-electron chi connectivity index (χ0n) is 14.4. The number of hydrogen-bond acceptors (Lipinski definition) is 3. The lowest BCUT2D eigenvalue weighted by atomic mass is 10.0. The van der Waals surface area contributed by atoms with Crippen LogP contribution >= 0.6 is 0 Å². The van der Waals surface area contributed by atoms with Gasteiger partial charge in [0.2, 0.25) is 11.8 Å². The molecule has 0 bridgehead atoms. The number of anilines is 1. The quantitative estimate of drug-likeness (QED) is 0.918. The Kier molecular flexibility index (Phi) is 5.19. The smallest absolute Gasteiger partial charge is 0.228 e. The molecular formula is C19H27N3O2. The van der Waals surface area contributed by atoms with Crippen LogP contribution in [0.25, 0.3) is 0 Å². The van der Waals surface area contributed by atoms with E-state index in [2.05, 4.69) is 19.1 Å². The number of piperidine rings is 1. The molecular weight excluding hydrogens is 302 g/mol. The van der Waals surface area contributed by atoms with Gasteiger partial charge in [0.25, 0.3) is 0 Å². The minimum atomic E-state index is -0.220. The highest BCUT2D eigenvalue weighted by atomic mass is 16.2. The van der Waals surface area contributed by atoms with Gasteiger partial charge in [0.15, 0.2) is 0 Å². The highest BCUT2D eigenvalue weighted by molar-refractivity contribution is 6.00. The molecule has 0 spiro atoms. The fourth-order valence-electron chi connectivity index (χ4n) is 3.63. The third-order valence-electron chi connectivity index (χ3n) is 5.11. The van der Waals surface area contributed by atoms with Crippen molar-refractivity contribution in [1.82, 2.24) is 4.90 Å². The second kappa shape index (κ2) is 7.34. The highest BCUT2D eigenvalue weighted by Gasteiger charge is 2.37. The molecule has 0 radical (unpaired) electrons. The van der Waals surface area contributed by atoms with Crippen LogP contribution in [-0.4, -0.2) is 42.4 Å². The Labute approximate surface area is 143 Å². The molecule has 24 heavy (non-hydrogen) atoms. The minimum absolute atomic E-state index is 0.0466. The Bertz CT molecular complexity index is 591. The first-order valence-electron chi connectivity index (χ1n) is 9.02. The normalized spacial score (nSPS) is 22.2. The van der Waals surface area contributed by atoms with E-state index in [0.29, 0.717) is 13.0 Å². The molecule has 2 saturated heterocycles. The van der Waals surface area contributed by atoms with Crippen LogP contribution in [0.1, 0.15) is 38.2 Å². The topological polar surface area (TPSA) is 66.6 Å². The minimum Gasteiger partial charge on any atom is -0.342 e. The maximum atomic E-state index is 12.7. The molecule has 0 aromatic heterocycles. The van der Waals surface area contributed by atoms with Crippen LogP contribution in [0.4, 0.5) is 5.69 Å². The van der Waals surface area contributed by atoms with E-state index in [4.69, 9.17) is 5.73 Å². The molecule has 1 atom stereocenters. The van der Waals surface area contributed by atoms with E-state index in [1.165, 1.54) is 5.56 Å². The molecule has 0 saturated carbocycles. The lowest BCUT2D eigenvalue weighted by molar-refractivity contribution is -0.136. The summed E-state index contributed by atoms with van der Waals surface area (Å²) >= 11 is 0. The van der Waals surface area contributed by atoms with E-state index < -0.39 is 0 Å². The molecule has 2 amide bonds. The molecule has 2 fully saturated rings. The first-order chi connectivity index (χ1) is 11.6. The summed E-state index contributed by atoms with van der Waals surface area (Å²) in [7, 11) is 0. The first kappa shape index (κ1) is 17.0. The second-order valence-corrected chi connectivity index (χ2v) is 6.98. The van der Waals surface area contributed by atoms with Crippen LogP contribution in [0.5, 0.6) is 0 Å². The third kappa shape index (κ3) is 3.61. The van der Waals surface area contributed by atoms with E-state index in [-0.39, 0.29) is 23.8 Å². The van der Waals surface area contributed by atoms with Crippen molar-refractivity contribution in [2.24, 2.45) is 11.7 Å². The number of carbonyl (C=O) groups excluding carboxylic acids is 2. The zero-order chi connectivity index (χ0) is 17.1. The maximum absolute atomic E-state index is 12.7. The monoisotopic (exact) mass is 329 g/mol. The van der Waals surface area contributed by atoms with Gasteiger partial charge in [0.05, 0.1) is 5.92 Å². The van der Waals surface area contributed by atoms with Gasteiger partial charge in [-0.2, -0.15) is 0 Å².